The second kappa shape index (κ2) is 5.71. The summed E-state index contributed by atoms with van der Waals surface area (Å²) in [5, 5.41) is 2.20. The van der Waals surface area contributed by atoms with Crippen LogP contribution in [0.2, 0.25) is 0 Å². The van der Waals surface area contributed by atoms with Crippen molar-refractivity contribution < 1.29 is 9.47 Å². The molecule has 2 aliphatic rings. The molecule has 0 amide bonds. The number of ether oxygens (including phenoxy) is 2. The standard InChI is InChI=1S/C18H14BrN3O2S/c1-11-17(21-6-2-3-13(19)18(21)20-11)14-8-25-9-22(14)12-4-5-15-16(7-12)24-10-23-15/h2-8H,9-10H2,1H3. The van der Waals surface area contributed by atoms with Crippen LogP contribution in [0.15, 0.2) is 46.4 Å². The van der Waals surface area contributed by atoms with E-state index in [0.29, 0.717) is 0 Å². The molecule has 5 rings (SSSR count). The van der Waals surface area contributed by atoms with Gasteiger partial charge in [-0.3, -0.25) is 4.40 Å². The third kappa shape index (κ3) is 2.33. The molecule has 2 aromatic heterocycles. The highest BCUT2D eigenvalue weighted by Crippen LogP contribution is 2.41. The number of fused-ring (bicyclic) bond motifs is 2. The number of anilines is 1. The highest BCUT2D eigenvalue weighted by Gasteiger charge is 2.26. The molecule has 0 unspecified atom stereocenters. The van der Waals surface area contributed by atoms with Crippen LogP contribution in [-0.4, -0.2) is 22.1 Å². The predicted octanol–water partition coefficient (Wildman–Crippen LogP) is 4.64. The first-order valence-corrected chi connectivity index (χ1v) is 9.69. The Bertz CT molecular complexity index is 1030. The summed E-state index contributed by atoms with van der Waals surface area (Å²) in [5.41, 5.74) is 5.28. The minimum atomic E-state index is 0.288. The molecule has 25 heavy (non-hydrogen) atoms. The third-order valence-electron chi connectivity index (χ3n) is 4.38. The quantitative estimate of drug-likeness (QED) is 0.609. The Balaban J connectivity index is 1.62. The van der Waals surface area contributed by atoms with Gasteiger partial charge in [-0.1, -0.05) is 0 Å². The summed E-state index contributed by atoms with van der Waals surface area (Å²) >= 11 is 5.37. The fraction of sp³-hybridized carbons (Fsp3) is 0.167. The molecule has 7 heteroatoms. The SMILES string of the molecule is Cc1nc2c(Br)cccn2c1C1=CSCN1c1ccc2c(c1)OCO2. The maximum Gasteiger partial charge on any atom is 0.231 e. The smallest absolute Gasteiger partial charge is 0.231 e. The second-order valence-corrected chi connectivity index (χ2v) is 7.54. The molecule has 2 aliphatic heterocycles. The van der Waals surface area contributed by atoms with Gasteiger partial charge in [0.1, 0.15) is 0 Å². The molecule has 4 heterocycles. The topological polar surface area (TPSA) is 39.0 Å². The number of hydrogen-bond acceptors (Lipinski definition) is 5. The first-order chi connectivity index (χ1) is 12.2. The molecule has 5 nitrogen and oxygen atoms in total. The Morgan fingerprint density at radius 3 is 3.00 bits per heavy atom. The summed E-state index contributed by atoms with van der Waals surface area (Å²) in [6.45, 7) is 2.34. The number of halogens is 1. The Hall–Kier alpha value is -2.12. The van der Waals surface area contributed by atoms with Crippen molar-refractivity contribution in [3.8, 4) is 11.5 Å². The maximum atomic E-state index is 5.54. The van der Waals surface area contributed by atoms with E-state index in [9.17, 15) is 0 Å². The van der Waals surface area contributed by atoms with Gasteiger partial charge in [0.25, 0.3) is 0 Å². The Morgan fingerprint density at radius 1 is 1.20 bits per heavy atom. The molecular formula is C18H14BrN3O2S. The maximum absolute atomic E-state index is 5.54. The van der Waals surface area contributed by atoms with Crippen molar-refractivity contribution in [2.75, 3.05) is 17.6 Å². The summed E-state index contributed by atoms with van der Waals surface area (Å²) in [5.74, 6) is 2.46. The number of pyridine rings is 1. The van der Waals surface area contributed by atoms with Crippen molar-refractivity contribution in [3.63, 3.8) is 0 Å². The number of aromatic nitrogens is 2. The molecule has 0 atom stereocenters. The van der Waals surface area contributed by atoms with Crippen LogP contribution in [0.25, 0.3) is 11.3 Å². The lowest BCUT2D eigenvalue weighted by Gasteiger charge is -2.22. The highest BCUT2D eigenvalue weighted by atomic mass is 79.9. The molecule has 3 aromatic rings. The zero-order valence-electron chi connectivity index (χ0n) is 13.4. The Morgan fingerprint density at radius 2 is 2.08 bits per heavy atom. The molecule has 0 saturated heterocycles. The lowest BCUT2D eigenvalue weighted by Crippen LogP contribution is -2.18. The van der Waals surface area contributed by atoms with Crippen molar-refractivity contribution in [1.29, 1.82) is 0 Å². The van der Waals surface area contributed by atoms with Gasteiger partial charge >= 0.3 is 0 Å². The van der Waals surface area contributed by atoms with Crippen LogP contribution in [-0.2, 0) is 0 Å². The van der Waals surface area contributed by atoms with Crippen LogP contribution in [0.4, 0.5) is 5.69 Å². The van der Waals surface area contributed by atoms with Crippen molar-refractivity contribution >= 4 is 44.7 Å². The van der Waals surface area contributed by atoms with Crippen LogP contribution in [0.5, 0.6) is 11.5 Å². The van der Waals surface area contributed by atoms with Crippen LogP contribution in [0.1, 0.15) is 11.4 Å². The summed E-state index contributed by atoms with van der Waals surface area (Å²) in [6.07, 6.45) is 2.05. The molecule has 126 valence electrons. The van der Waals surface area contributed by atoms with Crippen LogP contribution >= 0.6 is 27.7 Å². The van der Waals surface area contributed by atoms with Crippen molar-refractivity contribution in [2.45, 2.75) is 6.92 Å². The number of hydrogen-bond donors (Lipinski definition) is 0. The first-order valence-electron chi connectivity index (χ1n) is 7.85. The number of benzene rings is 1. The first kappa shape index (κ1) is 15.2. The van der Waals surface area contributed by atoms with Crippen LogP contribution in [0, 0.1) is 6.92 Å². The fourth-order valence-electron chi connectivity index (χ4n) is 3.23. The third-order valence-corrected chi connectivity index (χ3v) is 5.79. The lowest BCUT2D eigenvalue weighted by atomic mass is 10.2. The van der Waals surface area contributed by atoms with Gasteiger partial charge in [-0.15, -0.1) is 11.8 Å². The van der Waals surface area contributed by atoms with Crippen molar-refractivity contribution in [2.24, 2.45) is 0 Å². The van der Waals surface area contributed by atoms with Gasteiger partial charge in [-0.05, 0) is 52.5 Å². The van der Waals surface area contributed by atoms with E-state index in [-0.39, 0.29) is 6.79 Å². The average Bonchev–Trinajstić information content (AvgIpc) is 3.31. The molecule has 0 fully saturated rings. The Kier molecular flexibility index (Phi) is 3.46. The number of imidazole rings is 1. The molecule has 0 aliphatic carbocycles. The van der Waals surface area contributed by atoms with Gasteiger partial charge in [0.15, 0.2) is 17.1 Å². The average molecular weight is 416 g/mol. The number of thioether (sulfide) groups is 1. The van der Waals surface area contributed by atoms with E-state index in [4.69, 9.17) is 14.5 Å². The van der Waals surface area contributed by atoms with E-state index in [1.807, 2.05) is 24.3 Å². The van der Waals surface area contributed by atoms with Gasteiger partial charge in [0.05, 0.1) is 27.4 Å². The van der Waals surface area contributed by atoms with E-state index in [2.05, 4.69) is 49.8 Å². The number of aryl methyl sites for hydroxylation is 1. The minimum absolute atomic E-state index is 0.288. The molecule has 0 saturated carbocycles. The highest BCUT2D eigenvalue weighted by molar-refractivity contribution is 9.10. The van der Waals surface area contributed by atoms with Gasteiger partial charge in [0, 0.05) is 18.0 Å². The van der Waals surface area contributed by atoms with E-state index < -0.39 is 0 Å². The van der Waals surface area contributed by atoms with Gasteiger partial charge in [-0.2, -0.15) is 0 Å². The van der Waals surface area contributed by atoms with Crippen LogP contribution < -0.4 is 14.4 Å². The fourth-order valence-corrected chi connectivity index (χ4v) is 4.57. The molecular weight excluding hydrogens is 402 g/mol. The molecule has 1 aromatic carbocycles. The van der Waals surface area contributed by atoms with Crippen molar-refractivity contribution in [3.05, 3.63) is 57.8 Å². The number of rotatable bonds is 2. The monoisotopic (exact) mass is 415 g/mol. The van der Waals surface area contributed by atoms with E-state index in [0.717, 1.165) is 50.3 Å². The molecule has 0 spiro atoms. The summed E-state index contributed by atoms with van der Waals surface area (Å²) in [6, 6.07) is 10.1. The predicted molar refractivity (Wildman–Crippen MR) is 103 cm³/mol. The summed E-state index contributed by atoms with van der Waals surface area (Å²) in [4.78, 5) is 7.02. The lowest BCUT2D eigenvalue weighted by molar-refractivity contribution is 0.174. The summed E-state index contributed by atoms with van der Waals surface area (Å²) in [7, 11) is 0. The van der Waals surface area contributed by atoms with Gasteiger partial charge in [0.2, 0.25) is 6.79 Å². The molecule has 0 N–H and O–H groups in total. The zero-order valence-corrected chi connectivity index (χ0v) is 15.8. The minimum Gasteiger partial charge on any atom is -0.454 e. The van der Waals surface area contributed by atoms with Gasteiger partial charge in [-0.25, -0.2) is 4.98 Å². The normalized spacial score (nSPS) is 15.9. The molecule has 0 radical (unpaired) electrons. The van der Waals surface area contributed by atoms with E-state index >= 15 is 0 Å². The largest absolute Gasteiger partial charge is 0.454 e. The number of nitrogens with zero attached hydrogens (tertiary/aromatic N) is 3. The van der Waals surface area contributed by atoms with E-state index in [1.54, 1.807) is 11.8 Å². The summed E-state index contributed by atoms with van der Waals surface area (Å²) < 4.78 is 14.1. The van der Waals surface area contributed by atoms with E-state index in [1.165, 1.54) is 0 Å². The van der Waals surface area contributed by atoms with Crippen molar-refractivity contribution in [1.82, 2.24) is 9.38 Å². The second-order valence-electron chi connectivity index (χ2n) is 5.86. The molecule has 0 bridgehead atoms. The van der Waals surface area contributed by atoms with Gasteiger partial charge < -0.3 is 14.4 Å². The Labute approximate surface area is 157 Å². The van der Waals surface area contributed by atoms with Crippen LogP contribution in [0.3, 0.4) is 0 Å². The zero-order chi connectivity index (χ0) is 17.0.